The third-order valence-corrected chi connectivity index (χ3v) is 6.02. The molecule has 0 amide bonds. The van der Waals surface area contributed by atoms with E-state index in [1.54, 1.807) is 0 Å². The average Bonchev–Trinajstić information content (AvgIpc) is 2.80. The third-order valence-electron chi connectivity index (χ3n) is 3.62. The summed E-state index contributed by atoms with van der Waals surface area (Å²) < 4.78 is 11.3. The first kappa shape index (κ1) is 11.4. The molecule has 0 N–H and O–H groups in total. The fraction of sp³-hybridized carbons (Fsp3) is 0.833. The summed E-state index contributed by atoms with van der Waals surface area (Å²) >= 11 is 0. The second-order valence-electron chi connectivity index (χ2n) is 4.62. The zero-order chi connectivity index (χ0) is 10.7. The molecule has 0 aliphatic heterocycles. The van der Waals surface area contributed by atoms with Crippen LogP contribution in [0, 0.1) is 11.8 Å². The quantitative estimate of drug-likeness (QED) is 0.391. The molecule has 0 heterocycles. The molecule has 3 unspecified atom stereocenters. The van der Waals surface area contributed by atoms with Crippen molar-refractivity contribution in [2.24, 2.45) is 11.8 Å². The zero-order valence-electron chi connectivity index (χ0n) is 9.82. The van der Waals surface area contributed by atoms with Gasteiger partial charge in [-0.3, -0.25) is 0 Å². The number of allylic oxidation sites excluding steroid dienone is 2. The first-order valence-electron chi connectivity index (χ1n) is 6.25. The summed E-state index contributed by atoms with van der Waals surface area (Å²) in [5.74, 6) is 1.92. The number of fused-ring (bicyclic) bond motifs is 2. The van der Waals surface area contributed by atoms with Crippen LogP contribution in [0.25, 0.3) is 0 Å². The zero-order valence-corrected chi connectivity index (χ0v) is 11.2. The fourth-order valence-corrected chi connectivity index (χ4v) is 5.53. The lowest BCUT2D eigenvalue weighted by molar-refractivity contribution is -0.0835. The van der Waals surface area contributed by atoms with Gasteiger partial charge in [0.05, 0.1) is 9.52 Å². The summed E-state index contributed by atoms with van der Waals surface area (Å²) in [6.07, 6.45) is 7.65. The maximum Gasteiger partial charge on any atom is 0.135 e. The first-order valence-corrected chi connectivity index (χ1v) is 7.88. The molecule has 0 radical (unpaired) electrons. The van der Waals surface area contributed by atoms with Gasteiger partial charge in [-0.15, -0.1) is 0 Å². The lowest BCUT2D eigenvalue weighted by Gasteiger charge is -2.23. The monoisotopic (exact) mass is 226 g/mol. The molecule has 1 saturated carbocycles. The summed E-state index contributed by atoms with van der Waals surface area (Å²) in [5, 5.41) is 0. The van der Waals surface area contributed by atoms with Crippen LogP contribution in [0.2, 0.25) is 5.54 Å². The van der Waals surface area contributed by atoms with Gasteiger partial charge in [-0.05, 0) is 44.1 Å². The van der Waals surface area contributed by atoms with Crippen molar-refractivity contribution in [1.29, 1.82) is 0 Å². The van der Waals surface area contributed by atoms with E-state index in [-0.39, 0.29) is 15.4 Å². The van der Waals surface area contributed by atoms with E-state index >= 15 is 0 Å². The SMILES string of the molecule is CCOC(OCC)[SiH2]C1CC2C=CC1C2. The van der Waals surface area contributed by atoms with Gasteiger partial charge in [-0.1, -0.05) is 12.2 Å². The Morgan fingerprint density at radius 2 is 1.93 bits per heavy atom. The molecule has 0 spiro atoms. The highest BCUT2D eigenvalue weighted by Crippen LogP contribution is 2.46. The first-order chi connectivity index (χ1) is 7.33. The van der Waals surface area contributed by atoms with Gasteiger partial charge in [-0.2, -0.15) is 0 Å². The van der Waals surface area contributed by atoms with E-state index in [4.69, 9.17) is 9.47 Å². The second kappa shape index (κ2) is 5.28. The molecule has 0 saturated heterocycles. The normalized spacial score (nSPS) is 33.9. The molecule has 2 nitrogen and oxygen atoms in total. The van der Waals surface area contributed by atoms with Gasteiger partial charge >= 0.3 is 0 Å². The molecular formula is C12H22O2Si. The minimum absolute atomic E-state index is 0.165. The predicted octanol–water partition coefficient (Wildman–Crippen LogP) is 1.90. The molecular weight excluding hydrogens is 204 g/mol. The molecule has 2 rings (SSSR count). The summed E-state index contributed by atoms with van der Waals surface area (Å²) in [6.45, 7) is 5.69. The van der Waals surface area contributed by atoms with Gasteiger partial charge in [-0.25, -0.2) is 0 Å². The van der Waals surface area contributed by atoms with E-state index in [0.29, 0.717) is 0 Å². The van der Waals surface area contributed by atoms with Crippen molar-refractivity contribution in [1.82, 2.24) is 0 Å². The Morgan fingerprint density at radius 1 is 1.20 bits per heavy atom. The van der Waals surface area contributed by atoms with Crippen molar-refractivity contribution in [3.8, 4) is 0 Å². The van der Waals surface area contributed by atoms with E-state index in [9.17, 15) is 0 Å². The van der Waals surface area contributed by atoms with Crippen LogP contribution in [0.5, 0.6) is 0 Å². The molecule has 15 heavy (non-hydrogen) atoms. The van der Waals surface area contributed by atoms with Crippen LogP contribution < -0.4 is 0 Å². The maximum atomic E-state index is 5.67. The molecule has 0 aromatic carbocycles. The highest BCUT2D eigenvalue weighted by Gasteiger charge is 2.37. The molecule has 3 heteroatoms. The van der Waals surface area contributed by atoms with Gasteiger partial charge in [0.1, 0.15) is 5.91 Å². The molecule has 2 aliphatic rings. The largest absolute Gasteiger partial charge is 0.357 e. The predicted molar refractivity (Wildman–Crippen MR) is 64.7 cm³/mol. The van der Waals surface area contributed by atoms with E-state index < -0.39 is 0 Å². The lowest BCUT2D eigenvalue weighted by Crippen LogP contribution is -2.29. The van der Waals surface area contributed by atoms with Crippen molar-refractivity contribution in [3.63, 3.8) is 0 Å². The Bertz CT molecular complexity index is 224. The molecule has 2 bridgehead atoms. The molecule has 1 fully saturated rings. The smallest absolute Gasteiger partial charge is 0.135 e. The second-order valence-corrected chi connectivity index (χ2v) is 6.80. The molecule has 0 aromatic rings. The highest BCUT2D eigenvalue weighted by atomic mass is 28.2. The van der Waals surface area contributed by atoms with E-state index in [0.717, 1.165) is 30.6 Å². The number of rotatable bonds is 6. The molecule has 3 atom stereocenters. The maximum absolute atomic E-state index is 5.67. The van der Waals surface area contributed by atoms with Crippen LogP contribution >= 0.6 is 0 Å². The Balaban J connectivity index is 1.81. The minimum atomic E-state index is -0.244. The van der Waals surface area contributed by atoms with E-state index in [1.807, 2.05) is 0 Å². The van der Waals surface area contributed by atoms with Gasteiger partial charge in [0, 0.05) is 13.2 Å². The van der Waals surface area contributed by atoms with Gasteiger partial charge < -0.3 is 9.47 Å². The lowest BCUT2D eigenvalue weighted by atomic mass is 10.1. The van der Waals surface area contributed by atoms with Crippen LogP contribution in [0.3, 0.4) is 0 Å². The van der Waals surface area contributed by atoms with Crippen molar-refractivity contribution in [2.75, 3.05) is 13.2 Å². The summed E-state index contributed by atoms with van der Waals surface area (Å²) in [4.78, 5) is 0. The van der Waals surface area contributed by atoms with E-state index in [2.05, 4.69) is 26.0 Å². The number of hydrogen-bond acceptors (Lipinski definition) is 2. The average molecular weight is 226 g/mol. The van der Waals surface area contributed by atoms with Gasteiger partial charge in [0.2, 0.25) is 0 Å². The fourth-order valence-electron chi connectivity index (χ4n) is 2.97. The number of ether oxygens (including phenoxy) is 2. The Labute approximate surface area is 94.9 Å². The van der Waals surface area contributed by atoms with Crippen LogP contribution in [0.15, 0.2) is 12.2 Å². The van der Waals surface area contributed by atoms with Crippen LogP contribution in [-0.4, -0.2) is 28.6 Å². The highest BCUT2D eigenvalue weighted by molar-refractivity contribution is 6.39. The van der Waals surface area contributed by atoms with Crippen LogP contribution in [-0.2, 0) is 9.47 Å². The van der Waals surface area contributed by atoms with Crippen LogP contribution in [0.4, 0.5) is 0 Å². The van der Waals surface area contributed by atoms with Crippen LogP contribution in [0.1, 0.15) is 26.7 Å². The number of hydrogen-bond donors (Lipinski definition) is 0. The third kappa shape index (κ3) is 2.71. The van der Waals surface area contributed by atoms with Crippen molar-refractivity contribution in [2.45, 2.75) is 38.1 Å². The summed E-state index contributed by atoms with van der Waals surface area (Å²) in [7, 11) is -0.244. The van der Waals surface area contributed by atoms with E-state index in [1.165, 1.54) is 12.8 Å². The topological polar surface area (TPSA) is 18.5 Å². The standard InChI is InChI=1S/C12H22O2Si/c1-3-13-12(14-4-2)15-11-8-9-5-6-10(11)7-9/h5-6,9-12H,3-4,7-8,15H2,1-2H3. The Kier molecular flexibility index (Phi) is 4.00. The van der Waals surface area contributed by atoms with Crippen molar-refractivity contribution in [3.05, 3.63) is 12.2 Å². The molecule has 86 valence electrons. The van der Waals surface area contributed by atoms with Crippen molar-refractivity contribution < 1.29 is 9.47 Å². The van der Waals surface area contributed by atoms with Gasteiger partial charge in [0.25, 0.3) is 0 Å². The van der Waals surface area contributed by atoms with Crippen molar-refractivity contribution >= 4 is 9.52 Å². The summed E-state index contributed by atoms with van der Waals surface area (Å²) in [6, 6.07) is 0. The molecule has 0 aromatic heterocycles. The minimum Gasteiger partial charge on any atom is -0.357 e. The summed E-state index contributed by atoms with van der Waals surface area (Å²) in [5.41, 5.74) is 0.933. The van der Waals surface area contributed by atoms with Gasteiger partial charge in [0.15, 0.2) is 0 Å². The molecule has 2 aliphatic carbocycles. The Hall–Kier alpha value is -0.123. The Morgan fingerprint density at radius 3 is 2.40 bits per heavy atom.